The van der Waals surface area contributed by atoms with E-state index in [4.69, 9.17) is 16.3 Å². The van der Waals surface area contributed by atoms with Gasteiger partial charge in [0.05, 0.1) is 7.11 Å². The van der Waals surface area contributed by atoms with Gasteiger partial charge in [0.25, 0.3) is 0 Å². The fourth-order valence-corrected chi connectivity index (χ4v) is 2.70. The van der Waals surface area contributed by atoms with Crippen molar-refractivity contribution < 1.29 is 4.74 Å². The minimum atomic E-state index is 0.182. The molecule has 2 aromatic carbocycles. The van der Waals surface area contributed by atoms with Crippen molar-refractivity contribution in [2.75, 3.05) is 7.11 Å². The zero-order valence-electron chi connectivity index (χ0n) is 11.5. The molecule has 0 fully saturated rings. The van der Waals surface area contributed by atoms with Crippen LogP contribution >= 0.6 is 27.5 Å². The third kappa shape index (κ3) is 3.75. The van der Waals surface area contributed by atoms with Crippen molar-refractivity contribution >= 4 is 27.5 Å². The largest absolute Gasteiger partial charge is 0.497 e. The molecule has 4 heteroatoms. The lowest BCUT2D eigenvalue weighted by Gasteiger charge is -2.16. The molecule has 0 bridgehead atoms. The molecule has 20 heavy (non-hydrogen) atoms. The summed E-state index contributed by atoms with van der Waals surface area (Å²) in [6.07, 6.45) is 0. The summed E-state index contributed by atoms with van der Waals surface area (Å²) in [4.78, 5) is 0. The predicted octanol–water partition coefficient (Wildman–Crippen LogP) is 4.96. The molecule has 0 radical (unpaired) electrons. The number of hydrogen-bond donors (Lipinski definition) is 1. The van der Waals surface area contributed by atoms with Gasteiger partial charge in [-0.2, -0.15) is 0 Å². The molecule has 0 saturated carbocycles. The van der Waals surface area contributed by atoms with Gasteiger partial charge in [0, 0.05) is 22.1 Å². The van der Waals surface area contributed by atoms with Gasteiger partial charge in [0.1, 0.15) is 5.75 Å². The third-order valence-corrected chi connectivity index (χ3v) is 4.34. The predicted molar refractivity (Wildman–Crippen MR) is 87.4 cm³/mol. The average Bonchev–Trinajstić information content (AvgIpc) is 2.46. The summed E-state index contributed by atoms with van der Waals surface area (Å²) in [6.45, 7) is 2.85. The zero-order valence-corrected chi connectivity index (χ0v) is 13.8. The Kier molecular flexibility index (Phi) is 5.46. The highest BCUT2D eigenvalue weighted by molar-refractivity contribution is 9.10. The third-order valence-electron chi connectivity index (χ3n) is 3.22. The highest BCUT2D eigenvalue weighted by atomic mass is 79.9. The molecule has 0 saturated heterocycles. The zero-order chi connectivity index (χ0) is 14.5. The van der Waals surface area contributed by atoms with Crippen molar-refractivity contribution in [3.8, 4) is 5.75 Å². The van der Waals surface area contributed by atoms with E-state index in [1.54, 1.807) is 7.11 Å². The maximum atomic E-state index is 6.21. The molecule has 0 amide bonds. The van der Waals surface area contributed by atoms with Crippen molar-refractivity contribution in [2.45, 2.75) is 19.5 Å². The van der Waals surface area contributed by atoms with Gasteiger partial charge in [0.2, 0.25) is 0 Å². The van der Waals surface area contributed by atoms with E-state index in [0.717, 1.165) is 32.9 Å². The summed E-state index contributed by atoms with van der Waals surface area (Å²) in [6, 6.07) is 14.0. The van der Waals surface area contributed by atoms with Crippen molar-refractivity contribution in [1.29, 1.82) is 0 Å². The summed E-state index contributed by atoms with van der Waals surface area (Å²) < 4.78 is 6.32. The first kappa shape index (κ1) is 15.4. The topological polar surface area (TPSA) is 21.3 Å². The van der Waals surface area contributed by atoms with Crippen LogP contribution in [0.4, 0.5) is 0 Å². The number of halogens is 2. The second-order valence-electron chi connectivity index (χ2n) is 4.58. The fraction of sp³-hybridized carbons (Fsp3) is 0.250. The van der Waals surface area contributed by atoms with E-state index in [2.05, 4.69) is 28.2 Å². The lowest BCUT2D eigenvalue weighted by molar-refractivity contribution is 0.413. The van der Waals surface area contributed by atoms with Crippen LogP contribution in [0.3, 0.4) is 0 Å². The Balaban J connectivity index is 2.07. The number of methoxy groups -OCH3 is 1. The van der Waals surface area contributed by atoms with Gasteiger partial charge >= 0.3 is 0 Å². The Morgan fingerprint density at radius 2 is 2.00 bits per heavy atom. The first-order valence-electron chi connectivity index (χ1n) is 6.42. The summed E-state index contributed by atoms with van der Waals surface area (Å²) in [5.74, 6) is 0.857. The highest BCUT2D eigenvalue weighted by Crippen LogP contribution is 2.25. The molecule has 0 heterocycles. The van der Waals surface area contributed by atoms with Crippen LogP contribution in [0, 0.1) is 0 Å². The second kappa shape index (κ2) is 7.11. The highest BCUT2D eigenvalue weighted by Gasteiger charge is 2.09. The lowest BCUT2D eigenvalue weighted by atomic mass is 10.1. The molecule has 0 aliphatic carbocycles. The monoisotopic (exact) mass is 353 g/mol. The summed E-state index contributed by atoms with van der Waals surface area (Å²) in [7, 11) is 1.67. The van der Waals surface area contributed by atoms with Crippen molar-refractivity contribution in [1.82, 2.24) is 5.32 Å². The van der Waals surface area contributed by atoms with E-state index in [1.165, 1.54) is 0 Å². The van der Waals surface area contributed by atoms with Crippen molar-refractivity contribution in [3.05, 3.63) is 63.1 Å². The Labute approximate surface area is 133 Å². The van der Waals surface area contributed by atoms with Crippen LogP contribution in [0.15, 0.2) is 46.9 Å². The average molecular weight is 355 g/mol. The standard InChI is InChI=1S/C16H17BrClNO/c1-11(14-5-3-4-6-16(14)18)19-10-12-9-13(20-2)7-8-15(12)17/h3-9,11,19H,10H2,1-2H3. The normalized spacial score (nSPS) is 12.2. The van der Waals surface area contributed by atoms with E-state index >= 15 is 0 Å². The van der Waals surface area contributed by atoms with Crippen LogP contribution < -0.4 is 10.1 Å². The molecule has 1 atom stereocenters. The SMILES string of the molecule is COc1ccc(Br)c(CNC(C)c2ccccc2Cl)c1. The van der Waals surface area contributed by atoms with E-state index in [1.807, 2.05) is 42.5 Å². The molecular formula is C16H17BrClNO. The molecular weight excluding hydrogens is 338 g/mol. The van der Waals surface area contributed by atoms with Gasteiger partial charge in [-0.1, -0.05) is 45.7 Å². The minimum Gasteiger partial charge on any atom is -0.497 e. The number of ether oxygens (including phenoxy) is 1. The molecule has 2 aromatic rings. The van der Waals surface area contributed by atoms with Crippen molar-refractivity contribution in [2.24, 2.45) is 0 Å². The van der Waals surface area contributed by atoms with Crippen molar-refractivity contribution in [3.63, 3.8) is 0 Å². The maximum Gasteiger partial charge on any atom is 0.119 e. The summed E-state index contributed by atoms with van der Waals surface area (Å²) >= 11 is 9.77. The van der Waals surface area contributed by atoms with Crippen LogP contribution in [0.25, 0.3) is 0 Å². The second-order valence-corrected chi connectivity index (χ2v) is 5.84. The van der Waals surface area contributed by atoms with Gasteiger partial charge in [0.15, 0.2) is 0 Å². The molecule has 2 nitrogen and oxygen atoms in total. The number of rotatable bonds is 5. The van der Waals surface area contributed by atoms with Crippen LogP contribution in [-0.4, -0.2) is 7.11 Å². The van der Waals surface area contributed by atoms with E-state index in [9.17, 15) is 0 Å². The van der Waals surface area contributed by atoms with Gasteiger partial charge in [-0.25, -0.2) is 0 Å². The first-order chi connectivity index (χ1) is 9.61. The molecule has 106 valence electrons. The minimum absolute atomic E-state index is 0.182. The quantitative estimate of drug-likeness (QED) is 0.819. The summed E-state index contributed by atoms with van der Waals surface area (Å²) in [5.41, 5.74) is 2.26. The van der Waals surface area contributed by atoms with Gasteiger partial charge in [-0.05, 0) is 42.3 Å². The van der Waals surface area contributed by atoms with E-state index in [-0.39, 0.29) is 6.04 Å². The molecule has 1 unspecified atom stereocenters. The molecule has 0 aliphatic rings. The van der Waals surface area contributed by atoms with E-state index < -0.39 is 0 Å². The van der Waals surface area contributed by atoms with Gasteiger partial charge < -0.3 is 10.1 Å². The Morgan fingerprint density at radius 3 is 2.70 bits per heavy atom. The summed E-state index contributed by atoms with van der Waals surface area (Å²) in [5, 5.41) is 4.27. The van der Waals surface area contributed by atoms with E-state index in [0.29, 0.717) is 0 Å². The molecule has 0 aliphatic heterocycles. The van der Waals surface area contributed by atoms with Crippen LogP contribution in [0.2, 0.25) is 5.02 Å². The fourth-order valence-electron chi connectivity index (χ4n) is 2.01. The molecule has 2 rings (SSSR count). The Morgan fingerprint density at radius 1 is 1.25 bits per heavy atom. The van der Waals surface area contributed by atoms with Gasteiger partial charge in [-0.3, -0.25) is 0 Å². The van der Waals surface area contributed by atoms with Crippen LogP contribution in [0.5, 0.6) is 5.75 Å². The van der Waals surface area contributed by atoms with Crippen LogP contribution in [0.1, 0.15) is 24.1 Å². The van der Waals surface area contributed by atoms with Gasteiger partial charge in [-0.15, -0.1) is 0 Å². The lowest BCUT2D eigenvalue weighted by Crippen LogP contribution is -2.18. The molecule has 0 aromatic heterocycles. The smallest absolute Gasteiger partial charge is 0.119 e. The number of hydrogen-bond acceptors (Lipinski definition) is 2. The molecule has 0 spiro atoms. The Bertz CT molecular complexity index is 588. The number of benzene rings is 2. The number of nitrogens with one attached hydrogen (secondary N) is 1. The Hall–Kier alpha value is -1.03. The maximum absolute atomic E-state index is 6.21. The van der Waals surface area contributed by atoms with Crippen LogP contribution in [-0.2, 0) is 6.54 Å². The molecule has 1 N–H and O–H groups in total. The first-order valence-corrected chi connectivity index (χ1v) is 7.59.